The zero-order valence-electron chi connectivity index (χ0n) is 15.8. The van der Waals surface area contributed by atoms with Gasteiger partial charge in [-0.1, -0.05) is 72.6 Å². The molecule has 0 aromatic carbocycles. The first-order chi connectivity index (χ1) is 9.97. The molecule has 0 spiro atoms. The van der Waals surface area contributed by atoms with Crippen molar-refractivity contribution in [3.05, 3.63) is 0 Å². The Labute approximate surface area is 134 Å². The summed E-state index contributed by atoms with van der Waals surface area (Å²) in [5.74, 6) is 1.00. The Morgan fingerprint density at radius 3 is 1.95 bits per heavy atom. The second-order valence-electron chi connectivity index (χ2n) is 6.25. The molecule has 0 heterocycles. The van der Waals surface area contributed by atoms with Gasteiger partial charge in [-0.2, -0.15) is 0 Å². The Kier molecular flexibility index (Phi) is 15.6. The molecule has 1 aliphatic rings. The van der Waals surface area contributed by atoms with Crippen molar-refractivity contribution in [1.29, 1.82) is 0 Å². The molecule has 0 atom stereocenters. The van der Waals surface area contributed by atoms with Crippen LogP contribution in [0.5, 0.6) is 0 Å². The van der Waals surface area contributed by atoms with Crippen LogP contribution in [-0.4, -0.2) is 12.6 Å². The van der Waals surface area contributed by atoms with E-state index in [0.717, 1.165) is 12.3 Å². The maximum Gasteiger partial charge on any atom is 0.311 e. The van der Waals surface area contributed by atoms with Crippen molar-refractivity contribution < 1.29 is 9.53 Å². The molecule has 2 nitrogen and oxygen atoms in total. The SMILES string of the molecule is CC.CCCC1CCCCC1.CCOC(=O)C(C)(C)CC. The van der Waals surface area contributed by atoms with E-state index in [2.05, 4.69) is 6.92 Å². The summed E-state index contributed by atoms with van der Waals surface area (Å²) in [7, 11) is 0. The maximum absolute atomic E-state index is 11.1. The lowest BCUT2D eigenvalue weighted by molar-refractivity contribution is -0.153. The normalized spacial score (nSPS) is 15.2. The number of esters is 1. The highest BCUT2D eigenvalue weighted by Crippen LogP contribution is 2.26. The molecule has 0 aromatic heterocycles. The van der Waals surface area contributed by atoms with E-state index >= 15 is 0 Å². The molecular weight excluding hydrogens is 260 g/mol. The summed E-state index contributed by atoms with van der Waals surface area (Å²) >= 11 is 0. The predicted octanol–water partition coefficient (Wildman–Crippen LogP) is 6.38. The molecule has 21 heavy (non-hydrogen) atoms. The van der Waals surface area contributed by atoms with Gasteiger partial charge in [0.05, 0.1) is 12.0 Å². The van der Waals surface area contributed by atoms with E-state index in [0.29, 0.717) is 6.61 Å². The topological polar surface area (TPSA) is 26.3 Å². The van der Waals surface area contributed by atoms with Gasteiger partial charge in [-0.15, -0.1) is 0 Å². The highest BCUT2D eigenvalue weighted by molar-refractivity contribution is 5.75. The summed E-state index contributed by atoms with van der Waals surface area (Å²) in [6.07, 6.45) is 11.3. The lowest BCUT2D eigenvalue weighted by Crippen LogP contribution is -2.25. The fourth-order valence-electron chi connectivity index (χ4n) is 2.35. The summed E-state index contributed by atoms with van der Waals surface area (Å²) in [6, 6.07) is 0. The van der Waals surface area contributed by atoms with Crippen LogP contribution in [0.3, 0.4) is 0 Å². The van der Waals surface area contributed by atoms with E-state index in [9.17, 15) is 4.79 Å². The quantitative estimate of drug-likeness (QED) is 0.551. The van der Waals surface area contributed by atoms with Crippen molar-refractivity contribution in [2.45, 2.75) is 99.8 Å². The Morgan fingerprint density at radius 2 is 1.57 bits per heavy atom. The van der Waals surface area contributed by atoms with Gasteiger partial charge in [-0.05, 0) is 33.1 Å². The Bertz CT molecular complexity index is 225. The third-order valence-corrected chi connectivity index (χ3v) is 4.13. The summed E-state index contributed by atoms with van der Waals surface area (Å²) in [6.45, 7) is 14.4. The largest absolute Gasteiger partial charge is 0.466 e. The van der Waals surface area contributed by atoms with Gasteiger partial charge in [0.1, 0.15) is 0 Å². The van der Waals surface area contributed by atoms with Crippen molar-refractivity contribution >= 4 is 5.97 Å². The molecule has 128 valence electrons. The highest BCUT2D eigenvalue weighted by Gasteiger charge is 2.26. The van der Waals surface area contributed by atoms with Crippen LogP contribution in [0.25, 0.3) is 0 Å². The minimum atomic E-state index is -0.310. The number of hydrogen-bond donors (Lipinski definition) is 0. The number of carbonyl (C=O) groups is 1. The van der Waals surface area contributed by atoms with Crippen LogP contribution < -0.4 is 0 Å². The number of ether oxygens (including phenoxy) is 1. The van der Waals surface area contributed by atoms with E-state index < -0.39 is 0 Å². The van der Waals surface area contributed by atoms with E-state index in [4.69, 9.17) is 4.74 Å². The van der Waals surface area contributed by atoms with Crippen LogP contribution in [-0.2, 0) is 9.53 Å². The van der Waals surface area contributed by atoms with E-state index in [1.54, 1.807) is 0 Å². The summed E-state index contributed by atoms with van der Waals surface area (Å²) in [5, 5.41) is 0. The Morgan fingerprint density at radius 1 is 1.05 bits per heavy atom. The molecule has 0 radical (unpaired) electrons. The molecule has 0 aliphatic heterocycles. The van der Waals surface area contributed by atoms with Crippen molar-refractivity contribution in [3.8, 4) is 0 Å². The molecular formula is C19H40O2. The second kappa shape index (κ2) is 14.4. The second-order valence-corrected chi connectivity index (χ2v) is 6.25. The van der Waals surface area contributed by atoms with Crippen molar-refractivity contribution in [1.82, 2.24) is 0 Å². The Balaban J connectivity index is 0. The highest BCUT2D eigenvalue weighted by atomic mass is 16.5. The van der Waals surface area contributed by atoms with Crippen LogP contribution in [0.1, 0.15) is 99.8 Å². The lowest BCUT2D eigenvalue weighted by Gasteiger charge is -2.20. The molecule has 1 saturated carbocycles. The number of rotatable bonds is 5. The van der Waals surface area contributed by atoms with E-state index in [-0.39, 0.29) is 11.4 Å². The van der Waals surface area contributed by atoms with E-state index in [1.807, 2.05) is 41.5 Å². The fourth-order valence-corrected chi connectivity index (χ4v) is 2.35. The van der Waals surface area contributed by atoms with Gasteiger partial charge in [0.25, 0.3) is 0 Å². The predicted molar refractivity (Wildman–Crippen MR) is 93.5 cm³/mol. The zero-order valence-corrected chi connectivity index (χ0v) is 15.8. The van der Waals surface area contributed by atoms with E-state index in [1.165, 1.54) is 44.9 Å². The summed E-state index contributed by atoms with van der Waals surface area (Å²) in [4.78, 5) is 11.1. The minimum absolute atomic E-state index is 0.0995. The molecule has 0 bridgehead atoms. The van der Waals surface area contributed by atoms with Gasteiger partial charge < -0.3 is 4.74 Å². The van der Waals surface area contributed by atoms with Crippen LogP contribution in [0.2, 0.25) is 0 Å². The number of hydrogen-bond acceptors (Lipinski definition) is 2. The Hall–Kier alpha value is -0.530. The monoisotopic (exact) mass is 300 g/mol. The zero-order chi connectivity index (χ0) is 16.7. The van der Waals surface area contributed by atoms with Gasteiger partial charge in [-0.25, -0.2) is 0 Å². The molecule has 0 saturated heterocycles. The average molecular weight is 301 g/mol. The van der Waals surface area contributed by atoms with Gasteiger partial charge >= 0.3 is 5.97 Å². The summed E-state index contributed by atoms with van der Waals surface area (Å²) < 4.78 is 4.86. The van der Waals surface area contributed by atoms with Gasteiger partial charge in [0.2, 0.25) is 0 Å². The van der Waals surface area contributed by atoms with Crippen LogP contribution in [0.15, 0.2) is 0 Å². The van der Waals surface area contributed by atoms with Gasteiger partial charge in [-0.3, -0.25) is 4.79 Å². The minimum Gasteiger partial charge on any atom is -0.466 e. The van der Waals surface area contributed by atoms with Gasteiger partial charge in [0, 0.05) is 0 Å². The van der Waals surface area contributed by atoms with Crippen molar-refractivity contribution in [2.75, 3.05) is 6.61 Å². The molecule has 1 fully saturated rings. The molecule has 0 unspecified atom stereocenters. The first-order valence-electron chi connectivity index (χ1n) is 9.15. The van der Waals surface area contributed by atoms with Crippen molar-refractivity contribution in [3.63, 3.8) is 0 Å². The first-order valence-corrected chi connectivity index (χ1v) is 9.15. The molecule has 0 amide bonds. The molecule has 1 aliphatic carbocycles. The number of carbonyl (C=O) groups excluding carboxylic acids is 1. The third kappa shape index (κ3) is 11.8. The van der Waals surface area contributed by atoms with Crippen LogP contribution in [0, 0.1) is 11.3 Å². The average Bonchev–Trinajstić information content (AvgIpc) is 2.51. The lowest BCUT2D eigenvalue weighted by atomic mass is 9.86. The standard InChI is InChI=1S/C9H18.C8H16O2.C2H6/c1-2-6-9-7-4-3-5-8-9;1-5-8(3,4)7(9)10-6-2;1-2/h9H,2-8H2,1H3;5-6H2,1-4H3;1-2H3. The third-order valence-electron chi connectivity index (χ3n) is 4.13. The van der Waals surface area contributed by atoms with Crippen LogP contribution >= 0.6 is 0 Å². The fraction of sp³-hybridized carbons (Fsp3) is 0.947. The summed E-state index contributed by atoms with van der Waals surface area (Å²) in [5.41, 5.74) is -0.310. The molecule has 0 N–H and O–H groups in total. The smallest absolute Gasteiger partial charge is 0.311 e. The maximum atomic E-state index is 11.1. The first kappa shape index (κ1) is 22.7. The van der Waals surface area contributed by atoms with Crippen LogP contribution in [0.4, 0.5) is 0 Å². The molecule has 1 rings (SSSR count). The van der Waals surface area contributed by atoms with Gasteiger partial charge in [0.15, 0.2) is 0 Å². The van der Waals surface area contributed by atoms with Crippen molar-refractivity contribution in [2.24, 2.45) is 11.3 Å². The molecule has 2 heteroatoms. The molecule has 0 aromatic rings.